The van der Waals surface area contributed by atoms with Gasteiger partial charge in [-0.1, -0.05) is 13.8 Å². The van der Waals surface area contributed by atoms with Crippen LogP contribution in [-0.2, 0) is 6.42 Å². The van der Waals surface area contributed by atoms with E-state index in [0.29, 0.717) is 12.5 Å². The Morgan fingerprint density at radius 3 is 2.67 bits per heavy atom. The second-order valence-electron chi connectivity index (χ2n) is 3.08. The summed E-state index contributed by atoms with van der Waals surface area (Å²) >= 11 is 3.40. The van der Waals surface area contributed by atoms with Crippen LogP contribution in [0.5, 0.6) is 0 Å². The Balaban J connectivity index is 2.85. The highest BCUT2D eigenvalue weighted by atomic mass is 79.9. The van der Waals surface area contributed by atoms with Gasteiger partial charge in [-0.25, -0.2) is 4.98 Å². The summed E-state index contributed by atoms with van der Waals surface area (Å²) in [6, 6.07) is 0. The molecule has 1 heterocycles. The Labute approximate surface area is 80.9 Å². The summed E-state index contributed by atoms with van der Waals surface area (Å²) in [5.74, 6) is 1.44. The van der Waals surface area contributed by atoms with Crippen molar-refractivity contribution in [1.29, 1.82) is 0 Å². The van der Waals surface area contributed by atoms with E-state index in [-0.39, 0.29) is 0 Å². The molecule has 4 heteroatoms. The molecule has 1 rings (SSSR count). The Hall–Kier alpha value is -0.350. The molecule has 0 aliphatic heterocycles. The molecule has 3 nitrogen and oxygen atoms in total. The molecule has 1 aromatic rings. The van der Waals surface area contributed by atoms with Crippen molar-refractivity contribution in [2.24, 2.45) is 5.73 Å². The molecule has 68 valence electrons. The van der Waals surface area contributed by atoms with E-state index < -0.39 is 0 Å². The molecule has 3 N–H and O–H groups in total. The predicted molar refractivity (Wildman–Crippen MR) is 53.1 cm³/mol. The summed E-state index contributed by atoms with van der Waals surface area (Å²) < 4.78 is 0.918. The van der Waals surface area contributed by atoms with Crippen LogP contribution in [0.1, 0.15) is 31.3 Å². The second kappa shape index (κ2) is 4.05. The zero-order chi connectivity index (χ0) is 9.14. The smallest absolute Gasteiger partial charge is 0.127 e. The van der Waals surface area contributed by atoms with Crippen LogP contribution in [0.2, 0.25) is 0 Å². The number of aromatic amines is 1. The van der Waals surface area contributed by atoms with Gasteiger partial charge in [0.2, 0.25) is 0 Å². The predicted octanol–water partition coefficient (Wildman–Crippen LogP) is 1.80. The molecule has 0 radical (unpaired) electrons. The van der Waals surface area contributed by atoms with E-state index in [4.69, 9.17) is 5.73 Å². The number of imidazole rings is 1. The number of nitrogens with zero attached hydrogens (tertiary/aromatic N) is 1. The Morgan fingerprint density at radius 2 is 2.25 bits per heavy atom. The third kappa shape index (κ3) is 2.08. The van der Waals surface area contributed by atoms with Crippen LogP contribution < -0.4 is 5.73 Å². The molecule has 0 unspecified atom stereocenters. The number of nitrogens with two attached hydrogens (primary N) is 1. The van der Waals surface area contributed by atoms with Crippen LogP contribution in [0.15, 0.2) is 4.60 Å². The first-order valence-corrected chi connectivity index (χ1v) is 4.88. The molecule has 0 spiro atoms. The second-order valence-corrected chi connectivity index (χ2v) is 3.83. The molecule has 0 saturated heterocycles. The molecular weight excluding hydrogens is 218 g/mol. The SMILES string of the molecule is CC(C)c1[nH]c(CCN)nc1Br. The van der Waals surface area contributed by atoms with Gasteiger partial charge in [0.15, 0.2) is 0 Å². The van der Waals surface area contributed by atoms with E-state index in [1.165, 1.54) is 0 Å². The van der Waals surface area contributed by atoms with Gasteiger partial charge in [0.05, 0.1) is 5.69 Å². The average molecular weight is 232 g/mol. The van der Waals surface area contributed by atoms with Gasteiger partial charge in [-0.05, 0) is 28.4 Å². The zero-order valence-electron chi connectivity index (χ0n) is 7.39. The molecule has 0 bridgehead atoms. The van der Waals surface area contributed by atoms with Gasteiger partial charge < -0.3 is 10.7 Å². The number of aromatic nitrogens is 2. The third-order valence-electron chi connectivity index (χ3n) is 1.69. The summed E-state index contributed by atoms with van der Waals surface area (Å²) in [5.41, 5.74) is 6.57. The van der Waals surface area contributed by atoms with Crippen molar-refractivity contribution >= 4 is 15.9 Å². The maximum Gasteiger partial charge on any atom is 0.127 e. The molecule has 0 fully saturated rings. The first-order valence-electron chi connectivity index (χ1n) is 4.09. The van der Waals surface area contributed by atoms with E-state index in [1.807, 2.05) is 0 Å². The molecule has 0 atom stereocenters. The fourth-order valence-electron chi connectivity index (χ4n) is 1.05. The standard InChI is InChI=1S/C8H14BrN3/c1-5(2)7-8(9)12-6(11-7)3-4-10/h5H,3-4,10H2,1-2H3,(H,11,12). The summed E-state index contributed by atoms with van der Waals surface area (Å²) in [6.07, 6.45) is 0.811. The maximum absolute atomic E-state index is 5.42. The maximum atomic E-state index is 5.42. The van der Waals surface area contributed by atoms with Gasteiger partial charge in [0.25, 0.3) is 0 Å². The van der Waals surface area contributed by atoms with Crippen molar-refractivity contribution in [1.82, 2.24) is 9.97 Å². The van der Waals surface area contributed by atoms with E-state index in [2.05, 4.69) is 39.7 Å². The largest absolute Gasteiger partial charge is 0.345 e. The number of nitrogens with one attached hydrogen (secondary N) is 1. The third-order valence-corrected chi connectivity index (χ3v) is 2.30. The van der Waals surface area contributed by atoms with Gasteiger partial charge in [-0.15, -0.1) is 0 Å². The van der Waals surface area contributed by atoms with Gasteiger partial charge >= 0.3 is 0 Å². The van der Waals surface area contributed by atoms with Gasteiger partial charge in [0, 0.05) is 6.42 Å². The van der Waals surface area contributed by atoms with Crippen LogP contribution in [-0.4, -0.2) is 16.5 Å². The molecule has 1 aromatic heterocycles. The van der Waals surface area contributed by atoms with Crippen LogP contribution in [0.25, 0.3) is 0 Å². The van der Waals surface area contributed by atoms with E-state index >= 15 is 0 Å². The number of H-pyrrole nitrogens is 1. The van der Waals surface area contributed by atoms with Crippen molar-refractivity contribution in [3.63, 3.8) is 0 Å². The van der Waals surface area contributed by atoms with E-state index in [0.717, 1.165) is 22.5 Å². The lowest BCUT2D eigenvalue weighted by Gasteiger charge is -1.99. The average Bonchev–Trinajstić information content (AvgIpc) is 2.32. The van der Waals surface area contributed by atoms with Gasteiger partial charge in [-0.2, -0.15) is 0 Å². The lowest BCUT2D eigenvalue weighted by molar-refractivity contribution is 0.812. The molecule has 0 amide bonds. The van der Waals surface area contributed by atoms with Crippen molar-refractivity contribution in [3.05, 3.63) is 16.1 Å². The van der Waals surface area contributed by atoms with Crippen molar-refractivity contribution in [2.45, 2.75) is 26.2 Å². The number of rotatable bonds is 3. The van der Waals surface area contributed by atoms with Crippen molar-refractivity contribution < 1.29 is 0 Å². The summed E-state index contributed by atoms with van der Waals surface area (Å²) in [7, 11) is 0. The van der Waals surface area contributed by atoms with Crippen LogP contribution in [0.4, 0.5) is 0 Å². The quantitative estimate of drug-likeness (QED) is 0.834. The number of halogens is 1. The Morgan fingerprint density at radius 1 is 1.58 bits per heavy atom. The first kappa shape index (κ1) is 9.74. The molecular formula is C8H14BrN3. The highest BCUT2D eigenvalue weighted by Crippen LogP contribution is 2.21. The molecule has 0 aliphatic carbocycles. The van der Waals surface area contributed by atoms with E-state index in [9.17, 15) is 0 Å². The minimum Gasteiger partial charge on any atom is -0.345 e. The molecule has 12 heavy (non-hydrogen) atoms. The van der Waals surface area contributed by atoms with Gasteiger partial charge in [0.1, 0.15) is 10.4 Å². The topological polar surface area (TPSA) is 54.7 Å². The lowest BCUT2D eigenvalue weighted by atomic mass is 10.2. The molecule has 0 aliphatic rings. The number of hydrogen-bond acceptors (Lipinski definition) is 2. The highest BCUT2D eigenvalue weighted by molar-refractivity contribution is 9.10. The van der Waals surface area contributed by atoms with Crippen molar-refractivity contribution in [3.8, 4) is 0 Å². The van der Waals surface area contributed by atoms with Crippen LogP contribution in [0.3, 0.4) is 0 Å². The lowest BCUT2D eigenvalue weighted by Crippen LogP contribution is -2.04. The van der Waals surface area contributed by atoms with E-state index in [1.54, 1.807) is 0 Å². The fraction of sp³-hybridized carbons (Fsp3) is 0.625. The van der Waals surface area contributed by atoms with Gasteiger partial charge in [-0.3, -0.25) is 0 Å². The number of hydrogen-bond donors (Lipinski definition) is 2. The highest BCUT2D eigenvalue weighted by Gasteiger charge is 2.09. The zero-order valence-corrected chi connectivity index (χ0v) is 8.98. The summed E-state index contributed by atoms with van der Waals surface area (Å²) in [6.45, 7) is 4.90. The minimum atomic E-state index is 0.471. The Bertz CT molecular complexity index is 255. The van der Waals surface area contributed by atoms with Crippen LogP contribution >= 0.6 is 15.9 Å². The fourth-order valence-corrected chi connectivity index (χ4v) is 1.82. The monoisotopic (exact) mass is 231 g/mol. The van der Waals surface area contributed by atoms with Crippen molar-refractivity contribution in [2.75, 3.05) is 6.54 Å². The molecule has 0 saturated carbocycles. The summed E-state index contributed by atoms with van der Waals surface area (Å²) in [4.78, 5) is 7.55. The van der Waals surface area contributed by atoms with Crippen LogP contribution in [0, 0.1) is 0 Å². The molecule has 0 aromatic carbocycles. The first-order chi connectivity index (χ1) is 5.65. The normalized spacial score (nSPS) is 11.1. The Kier molecular flexibility index (Phi) is 3.29. The minimum absolute atomic E-state index is 0.471. The summed E-state index contributed by atoms with van der Waals surface area (Å²) in [5, 5.41) is 0.